The lowest BCUT2D eigenvalue weighted by Gasteiger charge is -2.16. The third-order valence-electron chi connectivity index (χ3n) is 5.19. The van der Waals surface area contributed by atoms with E-state index in [9.17, 15) is 4.79 Å². The number of hydrogen-bond donors (Lipinski definition) is 0. The molecule has 5 rings (SSSR count). The Labute approximate surface area is 172 Å². The number of amides is 1. The molecule has 0 radical (unpaired) electrons. The summed E-state index contributed by atoms with van der Waals surface area (Å²) in [5.74, 6) is 0.425. The zero-order chi connectivity index (χ0) is 19.8. The first kappa shape index (κ1) is 17.9. The van der Waals surface area contributed by atoms with Crippen LogP contribution in [0.2, 0.25) is 0 Å². The maximum atomic E-state index is 12.8. The highest BCUT2D eigenvalue weighted by atomic mass is 32.2. The molecule has 0 spiro atoms. The van der Waals surface area contributed by atoms with Crippen molar-refractivity contribution >= 4 is 34.4 Å². The van der Waals surface area contributed by atoms with Crippen LogP contribution in [-0.2, 0) is 11.2 Å². The van der Waals surface area contributed by atoms with Crippen molar-refractivity contribution in [3.8, 4) is 5.69 Å². The van der Waals surface area contributed by atoms with Gasteiger partial charge in [-0.15, -0.1) is 0 Å². The van der Waals surface area contributed by atoms with E-state index in [0.717, 1.165) is 46.0 Å². The molecule has 7 heteroatoms. The van der Waals surface area contributed by atoms with Crippen LogP contribution in [0.1, 0.15) is 11.1 Å². The van der Waals surface area contributed by atoms with Crippen molar-refractivity contribution in [1.82, 2.24) is 19.7 Å². The zero-order valence-electron chi connectivity index (χ0n) is 15.9. The van der Waals surface area contributed by atoms with Crippen LogP contribution in [0.5, 0.6) is 0 Å². The zero-order valence-corrected chi connectivity index (χ0v) is 16.8. The van der Waals surface area contributed by atoms with Gasteiger partial charge >= 0.3 is 0 Å². The smallest absolute Gasteiger partial charge is 0.237 e. The number of carbonyl (C=O) groups is 1. The molecule has 0 bridgehead atoms. The van der Waals surface area contributed by atoms with Crippen molar-refractivity contribution in [3.05, 3.63) is 72.2 Å². The number of aromatic nitrogens is 4. The Hall–Kier alpha value is -3.19. The van der Waals surface area contributed by atoms with Gasteiger partial charge in [0.15, 0.2) is 5.65 Å². The standard InChI is InChI=1S/C22H19N5OS/c1-15-6-2-4-8-18(15)27-21-17(12-25-27)22(24-14-23-21)29-13-20(28)26-11-10-16-7-3-5-9-19(16)26/h2-9,12,14H,10-11,13H2,1H3. The van der Waals surface area contributed by atoms with Gasteiger partial charge in [0.1, 0.15) is 11.4 Å². The second-order valence-electron chi connectivity index (χ2n) is 6.97. The fourth-order valence-corrected chi connectivity index (χ4v) is 4.56. The average molecular weight is 401 g/mol. The van der Waals surface area contributed by atoms with Crippen LogP contribution in [0.4, 0.5) is 5.69 Å². The van der Waals surface area contributed by atoms with Crippen molar-refractivity contribution in [3.63, 3.8) is 0 Å². The largest absolute Gasteiger partial charge is 0.311 e. The van der Waals surface area contributed by atoms with E-state index in [1.807, 2.05) is 59.0 Å². The fraction of sp³-hybridized carbons (Fsp3) is 0.182. The topological polar surface area (TPSA) is 63.9 Å². The summed E-state index contributed by atoms with van der Waals surface area (Å²) in [4.78, 5) is 23.5. The first-order chi connectivity index (χ1) is 14.2. The molecule has 0 aliphatic carbocycles. The Morgan fingerprint density at radius 2 is 1.86 bits per heavy atom. The van der Waals surface area contributed by atoms with Gasteiger partial charge in [-0.1, -0.05) is 48.2 Å². The molecule has 0 saturated heterocycles. The molecule has 0 unspecified atom stereocenters. The molecular formula is C22H19N5OS. The van der Waals surface area contributed by atoms with Crippen molar-refractivity contribution < 1.29 is 4.79 Å². The summed E-state index contributed by atoms with van der Waals surface area (Å²) < 4.78 is 1.83. The van der Waals surface area contributed by atoms with Gasteiger partial charge in [0.25, 0.3) is 0 Å². The van der Waals surface area contributed by atoms with Gasteiger partial charge in [-0.2, -0.15) is 5.10 Å². The van der Waals surface area contributed by atoms with Crippen molar-refractivity contribution in [2.45, 2.75) is 18.4 Å². The van der Waals surface area contributed by atoms with Gasteiger partial charge in [0.2, 0.25) is 5.91 Å². The minimum atomic E-state index is 0.0954. The third kappa shape index (κ3) is 3.17. The fourth-order valence-electron chi connectivity index (χ4n) is 3.72. The highest BCUT2D eigenvalue weighted by Gasteiger charge is 2.24. The van der Waals surface area contributed by atoms with E-state index in [0.29, 0.717) is 5.75 Å². The summed E-state index contributed by atoms with van der Waals surface area (Å²) in [6.45, 7) is 2.79. The second-order valence-corrected chi connectivity index (χ2v) is 7.94. The van der Waals surface area contributed by atoms with E-state index >= 15 is 0 Å². The number of rotatable bonds is 4. The third-order valence-corrected chi connectivity index (χ3v) is 6.18. The minimum absolute atomic E-state index is 0.0954. The van der Waals surface area contributed by atoms with Gasteiger partial charge in [0.05, 0.1) is 23.0 Å². The van der Waals surface area contributed by atoms with Crippen LogP contribution in [0, 0.1) is 6.92 Å². The number of carbonyl (C=O) groups excluding carboxylic acids is 1. The lowest BCUT2D eigenvalue weighted by atomic mass is 10.2. The quantitative estimate of drug-likeness (QED) is 0.384. The molecule has 2 aromatic carbocycles. The Balaban J connectivity index is 1.39. The SMILES string of the molecule is Cc1ccccc1-n1ncc2c(SCC(=O)N3CCc4ccccc43)ncnc21. The number of aryl methyl sites for hydroxylation is 1. The van der Waals surface area contributed by atoms with E-state index < -0.39 is 0 Å². The van der Waals surface area contributed by atoms with Crippen molar-refractivity contribution in [2.75, 3.05) is 17.2 Å². The average Bonchev–Trinajstić information content (AvgIpc) is 3.37. The van der Waals surface area contributed by atoms with E-state index in [-0.39, 0.29) is 5.91 Å². The van der Waals surface area contributed by atoms with Gasteiger partial charge in [0, 0.05) is 12.2 Å². The highest BCUT2D eigenvalue weighted by Crippen LogP contribution is 2.30. The van der Waals surface area contributed by atoms with Crippen LogP contribution in [0.25, 0.3) is 16.7 Å². The van der Waals surface area contributed by atoms with E-state index in [1.165, 1.54) is 23.7 Å². The molecule has 29 heavy (non-hydrogen) atoms. The van der Waals surface area contributed by atoms with E-state index in [4.69, 9.17) is 0 Å². The summed E-state index contributed by atoms with van der Waals surface area (Å²) in [6, 6.07) is 16.2. The van der Waals surface area contributed by atoms with Gasteiger partial charge in [-0.3, -0.25) is 4.79 Å². The van der Waals surface area contributed by atoms with Crippen molar-refractivity contribution in [2.24, 2.45) is 0 Å². The van der Waals surface area contributed by atoms with E-state index in [1.54, 1.807) is 6.20 Å². The molecule has 4 aromatic rings. The van der Waals surface area contributed by atoms with Crippen LogP contribution >= 0.6 is 11.8 Å². The number of benzene rings is 2. The van der Waals surface area contributed by atoms with Gasteiger partial charge in [-0.05, 0) is 36.6 Å². The van der Waals surface area contributed by atoms with Crippen LogP contribution in [-0.4, -0.2) is 38.0 Å². The highest BCUT2D eigenvalue weighted by molar-refractivity contribution is 8.00. The molecule has 0 N–H and O–H groups in total. The number of hydrogen-bond acceptors (Lipinski definition) is 5. The number of thioether (sulfide) groups is 1. The molecule has 1 amide bonds. The van der Waals surface area contributed by atoms with Crippen LogP contribution in [0.3, 0.4) is 0 Å². The summed E-state index contributed by atoms with van der Waals surface area (Å²) in [5.41, 5.74) is 5.11. The first-order valence-corrected chi connectivity index (χ1v) is 10.5. The van der Waals surface area contributed by atoms with Gasteiger partial charge in [-0.25, -0.2) is 14.6 Å². The predicted molar refractivity (Wildman–Crippen MR) is 115 cm³/mol. The number of anilines is 1. The minimum Gasteiger partial charge on any atom is -0.311 e. The lowest BCUT2D eigenvalue weighted by molar-refractivity contribution is -0.116. The molecule has 0 fully saturated rings. The molecule has 0 saturated carbocycles. The lowest BCUT2D eigenvalue weighted by Crippen LogP contribution is -2.30. The molecule has 0 atom stereocenters. The monoisotopic (exact) mass is 401 g/mol. The molecular weight excluding hydrogens is 382 g/mol. The van der Waals surface area contributed by atoms with Crippen LogP contribution in [0.15, 0.2) is 66.1 Å². The number of nitrogens with zero attached hydrogens (tertiary/aromatic N) is 5. The molecule has 144 valence electrons. The molecule has 1 aliphatic heterocycles. The van der Waals surface area contributed by atoms with Crippen LogP contribution < -0.4 is 4.90 Å². The van der Waals surface area contributed by atoms with E-state index in [2.05, 4.69) is 21.1 Å². The second kappa shape index (κ2) is 7.33. The predicted octanol–water partition coefficient (Wildman–Crippen LogP) is 3.81. The maximum absolute atomic E-state index is 12.8. The summed E-state index contributed by atoms with van der Waals surface area (Å²) in [7, 11) is 0. The summed E-state index contributed by atoms with van der Waals surface area (Å²) in [6.07, 6.45) is 4.23. The molecule has 1 aliphatic rings. The molecule has 3 heterocycles. The van der Waals surface area contributed by atoms with Gasteiger partial charge < -0.3 is 4.90 Å². The number of para-hydroxylation sites is 2. The molecule has 2 aromatic heterocycles. The number of fused-ring (bicyclic) bond motifs is 2. The Bertz CT molecular complexity index is 1220. The first-order valence-electron chi connectivity index (χ1n) is 9.48. The Morgan fingerprint density at radius 3 is 2.72 bits per heavy atom. The summed E-state index contributed by atoms with van der Waals surface area (Å²) >= 11 is 1.44. The summed E-state index contributed by atoms with van der Waals surface area (Å²) in [5, 5.41) is 6.16. The Morgan fingerprint density at radius 1 is 1.07 bits per heavy atom. The normalized spacial score (nSPS) is 13.1. The van der Waals surface area contributed by atoms with Crippen molar-refractivity contribution in [1.29, 1.82) is 0 Å². The molecule has 6 nitrogen and oxygen atoms in total. The Kier molecular flexibility index (Phi) is 4.52. The maximum Gasteiger partial charge on any atom is 0.237 e.